The van der Waals surface area contributed by atoms with E-state index in [0.717, 1.165) is 5.57 Å². The first-order chi connectivity index (χ1) is 7.67. The molecule has 1 rings (SSSR count). The lowest BCUT2D eigenvalue weighted by molar-refractivity contribution is -0.142. The first-order valence-electron chi connectivity index (χ1n) is 5.33. The third-order valence-corrected chi connectivity index (χ3v) is 2.41. The summed E-state index contributed by atoms with van der Waals surface area (Å²) in [7, 11) is 1.36. The van der Waals surface area contributed by atoms with Crippen molar-refractivity contribution in [3.8, 4) is 0 Å². The molecule has 1 heterocycles. The van der Waals surface area contributed by atoms with E-state index in [9.17, 15) is 9.59 Å². The Hall–Kier alpha value is -1.52. The number of carbonyl (C=O) groups excluding carboxylic acids is 2. The van der Waals surface area contributed by atoms with Gasteiger partial charge in [-0.1, -0.05) is 11.6 Å². The molecule has 5 heteroatoms. The van der Waals surface area contributed by atoms with Gasteiger partial charge in [0.2, 0.25) is 0 Å². The summed E-state index contributed by atoms with van der Waals surface area (Å²) in [5, 5.41) is 0. The van der Waals surface area contributed by atoms with Crippen LogP contribution < -0.4 is 0 Å². The molecule has 0 aliphatic carbocycles. The lowest BCUT2D eigenvalue weighted by atomic mass is 10.1. The largest absolute Gasteiger partial charge is 0.466 e. The number of ether oxygens (including phenoxy) is 2. The summed E-state index contributed by atoms with van der Waals surface area (Å²) >= 11 is 0. The second-order valence-electron chi connectivity index (χ2n) is 3.51. The number of amides is 1. The summed E-state index contributed by atoms with van der Waals surface area (Å²) < 4.78 is 9.47. The highest BCUT2D eigenvalue weighted by Gasteiger charge is 2.18. The standard InChI is InChI=1S/C11H17NO4/c1-3-16-10(13)8-9-4-6-12(7-5-9)11(14)15-2/h4H,3,5-8H2,1-2H3. The predicted molar refractivity (Wildman–Crippen MR) is 57.9 cm³/mol. The minimum Gasteiger partial charge on any atom is -0.466 e. The van der Waals surface area contributed by atoms with Gasteiger partial charge in [0.25, 0.3) is 0 Å². The van der Waals surface area contributed by atoms with Crippen molar-refractivity contribution in [3.63, 3.8) is 0 Å². The van der Waals surface area contributed by atoms with Crippen molar-refractivity contribution >= 4 is 12.1 Å². The van der Waals surface area contributed by atoms with Crippen molar-refractivity contribution < 1.29 is 19.1 Å². The molecule has 0 aromatic rings. The zero-order valence-corrected chi connectivity index (χ0v) is 9.69. The topological polar surface area (TPSA) is 55.8 Å². The van der Waals surface area contributed by atoms with Crippen molar-refractivity contribution in [1.29, 1.82) is 0 Å². The Labute approximate surface area is 95.0 Å². The molecule has 0 bridgehead atoms. The molecule has 0 atom stereocenters. The van der Waals surface area contributed by atoms with Gasteiger partial charge in [0.1, 0.15) is 0 Å². The van der Waals surface area contributed by atoms with Crippen molar-refractivity contribution in [3.05, 3.63) is 11.6 Å². The summed E-state index contributed by atoms with van der Waals surface area (Å²) in [6.07, 6.45) is 2.58. The molecule has 1 amide bonds. The zero-order valence-electron chi connectivity index (χ0n) is 9.69. The quantitative estimate of drug-likeness (QED) is 0.539. The number of hydrogen-bond donors (Lipinski definition) is 0. The summed E-state index contributed by atoms with van der Waals surface area (Å²) in [6.45, 7) is 3.28. The lowest BCUT2D eigenvalue weighted by Crippen LogP contribution is -2.34. The van der Waals surface area contributed by atoms with E-state index in [-0.39, 0.29) is 12.1 Å². The molecule has 0 N–H and O–H groups in total. The third kappa shape index (κ3) is 3.56. The average molecular weight is 227 g/mol. The van der Waals surface area contributed by atoms with Crippen LogP contribution in [0.5, 0.6) is 0 Å². The van der Waals surface area contributed by atoms with E-state index in [0.29, 0.717) is 32.5 Å². The first-order valence-corrected chi connectivity index (χ1v) is 5.33. The maximum Gasteiger partial charge on any atom is 0.409 e. The van der Waals surface area contributed by atoms with Crippen LogP contribution in [0, 0.1) is 0 Å². The molecule has 0 aromatic heterocycles. The van der Waals surface area contributed by atoms with Gasteiger partial charge in [0.15, 0.2) is 0 Å². The highest BCUT2D eigenvalue weighted by atomic mass is 16.5. The van der Waals surface area contributed by atoms with Gasteiger partial charge in [-0.05, 0) is 13.3 Å². The van der Waals surface area contributed by atoms with Gasteiger partial charge in [0, 0.05) is 13.1 Å². The van der Waals surface area contributed by atoms with Crippen LogP contribution in [0.3, 0.4) is 0 Å². The molecule has 1 aliphatic rings. The van der Waals surface area contributed by atoms with Gasteiger partial charge in [-0.2, -0.15) is 0 Å². The van der Waals surface area contributed by atoms with Crippen LogP contribution in [0.15, 0.2) is 11.6 Å². The molecule has 1 aliphatic heterocycles. The highest BCUT2D eigenvalue weighted by molar-refractivity contribution is 5.73. The van der Waals surface area contributed by atoms with Gasteiger partial charge < -0.3 is 14.4 Å². The van der Waals surface area contributed by atoms with E-state index in [1.165, 1.54) is 7.11 Å². The Kier molecular flexibility index (Phi) is 4.82. The average Bonchev–Trinajstić information content (AvgIpc) is 2.29. The van der Waals surface area contributed by atoms with Crippen LogP contribution in [0.4, 0.5) is 4.79 Å². The first kappa shape index (κ1) is 12.5. The molecule has 0 saturated heterocycles. The van der Waals surface area contributed by atoms with Crippen LogP contribution in [0.1, 0.15) is 19.8 Å². The molecule has 90 valence electrons. The van der Waals surface area contributed by atoms with E-state index in [2.05, 4.69) is 4.74 Å². The van der Waals surface area contributed by atoms with Crippen molar-refractivity contribution in [2.75, 3.05) is 26.8 Å². The number of carbonyl (C=O) groups is 2. The minimum atomic E-state index is -0.327. The lowest BCUT2D eigenvalue weighted by Gasteiger charge is -2.24. The fourth-order valence-corrected chi connectivity index (χ4v) is 1.56. The Balaban J connectivity index is 2.40. The number of esters is 1. The normalized spacial score (nSPS) is 15.4. The van der Waals surface area contributed by atoms with Gasteiger partial charge in [-0.25, -0.2) is 4.79 Å². The second kappa shape index (κ2) is 6.15. The smallest absolute Gasteiger partial charge is 0.409 e. The molecule has 0 radical (unpaired) electrons. The van der Waals surface area contributed by atoms with Crippen LogP contribution >= 0.6 is 0 Å². The van der Waals surface area contributed by atoms with E-state index >= 15 is 0 Å². The molecule has 0 unspecified atom stereocenters. The van der Waals surface area contributed by atoms with Crippen LogP contribution in [-0.2, 0) is 14.3 Å². The Morgan fingerprint density at radius 2 is 2.25 bits per heavy atom. The van der Waals surface area contributed by atoms with Crippen LogP contribution in [0.25, 0.3) is 0 Å². The molecule has 16 heavy (non-hydrogen) atoms. The Bertz CT molecular complexity index is 298. The third-order valence-electron chi connectivity index (χ3n) is 2.41. The fraction of sp³-hybridized carbons (Fsp3) is 0.636. The Morgan fingerprint density at radius 3 is 2.75 bits per heavy atom. The van der Waals surface area contributed by atoms with E-state index in [4.69, 9.17) is 4.74 Å². The molecule has 0 spiro atoms. The fourth-order valence-electron chi connectivity index (χ4n) is 1.56. The monoisotopic (exact) mass is 227 g/mol. The summed E-state index contributed by atoms with van der Waals surface area (Å²) in [5.74, 6) is -0.208. The maximum atomic E-state index is 11.2. The van der Waals surface area contributed by atoms with E-state index in [1.54, 1.807) is 11.8 Å². The highest BCUT2D eigenvalue weighted by Crippen LogP contribution is 2.15. The van der Waals surface area contributed by atoms with Gasteiger partial charge in [-0.3, -0.25) is 4.79 Å². The molecular formula is C11H17NO4. The van der Waals surface area contributed by atoms with Crippen molar-refractivity contribution in [2.45, 2.75) is 19.8 Å². The molecule has 5 nitrogen and oxygen atoms in total. The van der Waals surface area contributed by atoms with Gasteiger partial charge in [-0.15, -0.1) is 0 Å². The minimum absolute atomic E-state index is 0.208. The van der Waals surface area contributed by atoms with Crippen LogP contribution in [-0.4, -0.2) is 43.8 Å². The van der Waals surface area contributed by atoms with E-state index < -0.39 is 0 Å². The number of methoxy groups -OCH3 is 1. The Morgan fingerprint density at radius 1 is 1.50 bits per heavy atom. The SMILES string of the molecule is CCOC(=O)CC1=CCN(C(=O)OC)CC1. The van der Waals surface area contributed by atoms with Crippen molar-refractivity contribution in [2.24, 2.45) is 0 Å². The zero-order chi connectivity index (χ0) is 12.0. The van der Waals surface area contributed by atoms with E-state index in [1.807, 2.05) is 6.08 Å². The van der Waals surface area contributed by atoms with Gasteiger partial charge in [0.05, 0.1) is 20.1 Å². The molecular weight excluding hydrogens is 210 g/mol. The molecule has 0 fully saturated rings. The summed E-state index contributed by atoms with van der Waals surface area (Å²) in [6, 6.07) is 0. The molecule has 0 saturated carbocycles. The number of hydrogen-bond acceptors (Lipinski definition) is 4. The number of rotatable bonds is 3. The van der Waals surface area contributed by atoms with Crippen LogP contribution in [0.2, 0.25) is 0 Å². The maximum absolute atomic E-state index is 11.2. The number of nitrogens with zero attached hydrogens (tertiary/aromatic N) is 1. The predicted octanol–water partition coefficient (Wildman–Crippen LogP) is 1.34. The second-order valence-corrected chi connectivity index (χ2v) is 3.51. The molecule has 0 aromatic carbocycles. The van der Waals surface area contributed by atoms with Crippen molar-refractivity contribution in [1.82, 2.24) is 4.90 Å². The summed E-state index contributed by atoms with van der Waals surface area (Å²) in [5.41, 5.74) is 1.03. The van der Waals surface area contributed by atoms with Gasteiger partial charge >= 0.3 is 12.1 Å². The summed E-state index contributed by atoms with van der Waals surface area (Å²) in [4.78, 5) is 24.0.